The molecule has 0 aliphatic rings. The van der Waals surface area contributed by atoms with E-state index in [0.717, 1.165) is 17.3 Å². The first-order valence-electron chi connectivity index (χ1n) is 7.54. The van der Waals surface area contributed by atoms with E-state index in [1.165, 1.54) is 18.2 Å². The Morgan fingerprint density at radius 1 is 1.04 bits per heavy atom. The van der Waals surface area contributed by atoms with Crippen LogP contribution in [-0.4, -0.2) is 24.1 Å². The quantitative estimate of drug-likeness (QED) is 0.632. The molecular formula is C18H18FN3O2. The van der Waals surface area contributed by atoms with Crippen LogP contribution < -0.4 is 10.7 Å². The van der Waals surface area contributed by atoms with Gasteiger partial charge in [0.25, 0.3) is 11.8 Å². The van der Waals surface area contributed by atoms with Crippen LogP contribution in [0.4, 0.5) is 4.39 Å². The fourth-order valence-corrected chi connectivity index (χ4v) is 2.04. The van der Waals surface area contributed by atoms with Crippen LogP contribution in [0.25, 0.3) is 0 Å². The summed E-state index contributed by atoms with van der Waals surface area (Å²) in [5.41, 5.74) is 4.22. The standard InChI is InChI=1S/C18H18FN3O2/c1-2-16(13-7-4-3-5-8-13)21-22-17(23)12-20-18(24)14-9-6-10-15(19)11-14/h3-11H,2,12H2,1H3,(H,20,24)(H,22,23)/b21-16+. The molecule has 2 N–H and O–H groups in total. The van der Waals surface area contributed by atoms with Gasteiger partial charge in [0.2, 0.25) is 0 Å². The van der Waals surface area contributed by atoms with Gasteiger partial charge in [-0.15, -0.1) is 0 Å². The molecule has 0 saturated heterocycles. The minimum absolute atomic E-state index is 0.157. The van der Waals surface area contributed by atoms with Crippen molar-refractivity contribution >= 4 is 17.5 Å². The van der Waals surface area contributed by atoms with Crippen LogP contribution in [0.1, 0.15) is 29.3 Å². The number of nitrogens with zero attached hydrogens (tertiary/aromatic N) is 1. The summed E-state index contributed by atoms with van der Waals surface area (Å²) in [5.74, 6) is -1.49. The Labute approximate surface area is 139 Å². The van der Waals surface area contributed by atoms with Crippen LogP contribution >= 0.6 is 0 Å². The number of hydrogen-bond donors (Lipinski definition) is 2. The highest BCUT2D eigenvalue weighted by Crippen LogP contribution is 2.04. The molecule has 24 heavy (non-hydrogen) atoms. The lowest BCUT2D eigenvalue weighted by atomic mass is 10.1. The zero-order valence-corrected chi connectivity index (χ0v) is 13.3. The molecule has 2 aromatic rings. The average Bonchev–Trinajstić information content (AvgIpc) is 2.61. The summed E-state index contributed by atoms with van der Waals surface area (Å²) in [6.07, 6.45) is 0.653. The summed E-state index contributed by atoms with van der Waals surface area (Å²) in [6.45, 7) is 1.69. The van der Waals surface area contributed by atoms with Crippen LogP contribution in [0.2, 0.25) is 0 Å². The van der Waals surface area contributed by atoms with Gasteiger partial charge in [0.15, 0.2) is 0 Å². The van der Waals surface area contributed by atoms with E-state index >= 15 is 0 Å². The maximum absolute atomic E-state index is 13.1. The summed E-state index contributed by atoms with van der Waals surface area (Å²) in [7, 11) is 0. The zero-order valence-electron chi connectivity index (χ0n) is 13.3. The second kappa shape index (κ2) is 8.57. The maximum Gasteiger partial charge on any atom is 0.259 e. The van der Waals surface area contributed by atoms with Crippen LogP contribution in [-0.2, 0) is 4.79 Å². The van der Waals surface area contributed by atoms with Crippen molar-refractivity contribution in [2.24, 2.45) is 5.10 Å². The number of carbonyl (C=O) groups is 2. The van der Waals surface area contributed by atoms with E-state index in [-0.39, 0.29) is 12.1 Å². The number of hydrazone groups is 1. The Hall–Kier alpha value is -3.02. The molecule has 0 aliphatic heterocycles. The molecule has 0 fully saturated rings. The minimum Gasteiger partial charge on any atom is -0.343 e. The second-order valence-electron chi connectivity index (χ2n) is 5.01. The van der Waals surface area contributed by atoms with Crippen LogP contribution in [0, 0.1) is 5.82 Å². The second-order valence-corrected chi connectivity index (χ2v) is 5.01. The summed E-state index contributed by atoms with van der Waals surface area (Å²) in [6, 6.07) is 14.7. The highest BCUT2D eigenvalue weighted by atomic mass is 19.1. The lowest BCUT2D eigenvalue weighted by Gasteiger charge is -2.06. The van der Waals surface area contributed by atoms with Gasteiger partial charge in [-0.2, -0.15) is 5.10 Å². The molecule has 0 aliphatic carbocycles. The molecular weight excluding hydrogens is 309 g/mol. The third-order valence-electron chi connectivity index (χ3n) is 3.25. The molecule has 0 saturated carbocycles. The SMILES string of the molecule is CC/C(=N\NC(=O)CNC(=O)c1cccc(F)c1)c1ccccc1. The van der Waals surface area contributed by atoms with Crippen molar-refractivity contribution in [1.29, 1.82) is 0 Å². The molecule has 2 aromatic carbocycles. The Kier molecular flexibility index (Phi) is 6.19. The molecule has 0 heterocycles. The molecule has 2 rings (SSSR count). The van der Waals surface area contributed by atoms with Crippen molar-refractivity contribution in [2.75, 3.05) is 6.54 Å². The molecule has 6 heteroatoms. The normalized spacial score (nSPS) is 11.0. The number of amides is 2. The van der Waals surface area contributed by atoms with Gasteiger partial charge in [0.05, 0.1) is 12.3 Å². The van der Waals surface area contributed by atoms with Gasteiger partial charge in [-0.3, -0.25) is 9.59 Å². The van der Waals surface area contributed by atoms with Crippen molar-refractivity contribution in [3.8, 4) is 0 Å². The molecule has 5 nitrogen and oxygen atoms in total. The number of nitrogens with one attached hydrogen (secondary N) is 2. The topological polar surface area (TPSA) is 70.6 Å². The molecule has 0 spiro atoms. The summed E-state index contributed by atoms with van der Waals surface area (Å²) in [5, 5.41) is 6.50. The van der Waals surface area contributed by atoms with Gasteiger partial charge in [-0.05, 0) is 30.2 Å². The fourth-order valence-electron chi connectivity index (χ4n) is 2.04. The average molecular weight is 327 g/mol. The van der Waals surface area contributed by atoms with E-state index in [4.69, 9.17) is 0 Å². The van der Waals surface area contributed by atoms with Gasteiger partial charge in [0, 0.05) is 5.56 Å². The molecule has 0 aromatic heterocycles. The third-order valence-corrected chi connectivity index (χ3v) is 3.25. The predicted molar refractivity (Wildman–Crippen MR) is 90.1 cm³/mol. The lowest BCUT2D eigenvalue weighted by molar-refractivity contribution is -0.120. The smallest absolute Gasteiger partial charge is 0.259 e. The van der Waals surface area contributed by atoms with Crippen molar-refractivity contribution in [3.05, 3.63) is 71.5 Å². The first kappa shape index (κ1) is 17.3. The molecule has 0 bridgehead atoms. The van der Waals surface area contributed by atoms with Crippen molar-refractivity contribution in [2.45, 2.75) is 13.3 Å². The Bertz CT molecular complexity index is 745. The van der Waals surface area contributed by atoms with Crippen LogP contribution in [0.5, 0.6) is 0 Å². The van der Waals surface area contributed by atoms with Gasteiger partial charge in [0.1, 0.15) is 5.82 Å². The van der Waals surface area contributed by atoms with Crippen molar-refractivity contribution in [1.82, 2.24) is 10.7 Å². The summed E-state index contributed by atoms with van der Waals surface area (Å²) < 4.78 is 13.1. The molecule has 2 amide bonds. The highest BCUT2D eigenvalue weighted by molar-refractivity contribution is 6.01. The van der Waals surface area contributed by atoms with Gasteiger partial charge in [-0.1, -0.05) is 43.3 Å². The molecule has 124 valence electrons. The largest absolute Gasteiger partial charge is 0.343 e. The van der Waals surface area contributed by atoms with Gasteiger partial charge < -0.3 is 5.32 Å². The third kappa shape index (κ3) is 5.01. The first-order chi connectivity index (χ1) is 11.6. The molecule has 0 atom stereocenters. The Morgan fingerprint density at radius 3 is 2.42 bits per heavy atom. The number of hydrogen-bond acceptors (Lipinski definition) is 3. The Morgan fingerprint density at radius 2 is 1.75 bits per heavy atom. The lowest BCUT2D eigenvalue weighted by Crippen LogP contribution is -2.35. The minimum atomic E-state index is -0.521. The van der Waals surface area contributed by atoms with Crippen molar-refractivity contribution in [3.63, 3.8) is 0 Å². The maximum atomic E-state index is 13.1. The highest BCUT2D eigenvalue weighted by Gasteiger charge is 2.09. The van der Waals surface area contributed by atoms with E-state index < -0.39 is 17.6 Å². The van der Waals surface area contributed by atoms with E-state index in [9.17, 15) is 14.0 Å². The number of halogens is 1. The monoisotopic (exact) mass is 327 g/mol. The first-order valence-corrected chi connectivity index (χ1v) is 7.54. The summed E-state index contributed by atoms with van der Waals surface area (Å²) >= 11 is 0. The number of rotatable bonds is 6. The van der Waals surface area contributed by atoms with Gasteiger partial charge in [-0.25, -0.2) is 9.82 Å². The van der Waals surface area contributed by atoms with E-state index in [0.29, 0.717) is 6.42 Å². The van der Waals surface area contributed by atoms with E-state index in [1.54, 1.807) is 0 Å². The van der Waals surface area contributed by atoms with E-state index in [2.05, 4.69) is 15.8 Å². The molecule has 0 radical (unpaired) electrons. The zero-order chi connectivity index (χ0) is 17.4. The predicted octanol–water partition coefficient (Wildman–Crippen LogP) is 2.49. The summed E-state index contributed by atoms with van der Waals surface area (Å²) in [4.78, 5) is 23.6. The van der Waals surface area contributed by atoms with E-state index in [1.807, 2.05) is 37.3 Å². The fraction of sp³-hybridized carbons (Fsp3) is 0.167. The van der Waals surface area contributed by atoms with Crippen LogP contribution in [0.3, 0.4) is 0 Å². The number of carbonyl (C=O) groups excluding carboxylic acids is 2. The number of benzene rings is 2. The van der Waals surface area contributed by atoms with Crippen LogP contribution in [0.15, 0.2) is 59.7 Å². The Balaban J connectivity index is 1.89. The molecule has 0 unspecified atom stereocenters. The van der Waals surface area contributed by atoms with Crippen molar-refractivity contribution < 1.29 is 14.0 Å². The van der Waals surface area contributed by atoms with Gasteiger partial charge >= 0.3 is 0 Å².